The minimum atomic E-state index is -0.0764. The molecule has 0 fully saturated rings. The monoisotopic (exact) mass is 153 g/mol. The fourth-order valence-corrected chi connectivity index (χ4v) is 0.877. The van der Waals surface area contributed by atoms with E-state index in [-0.39, 0.29) is 11.5 Å². The van der Waals surface area contributed by atoms with Crippen molar-refractivity contribution in [2.45, 2.75) is 33.2 Å². The van der Waals surface area contributed by atoms with Gasteiger partial charge in [0.1, 0.15) is 0 Å². The van der Waals surface area contributed by atoms with E-state index in [0.717, 1.165) is 6.42 Å². The van der Waals surface area contributed by atoms with Crippen LogP contribution in [0.15, 0.2) is 17.6 Å². The molecule has 11 heavy (non-hydrogen) atoms. The Morgan fingerprint density at radius 2 is 2.18 bits per heavy atom. The Hall–Kier alpha value is -0.880. The highest BCUT2D eigenvalue weighted by molar-refractivity contribution is 5.34. The third-order valence-corrected chi connectivity index (χ3v) is 1.31. The minimum absolute atomic E-state index is 0.0764. The van der Waals surface area contributed by atoms with Gasteiger partial charge in [0.2, 0.25) is 6.08 Å². The summed E-state index contributed by atoms with van der Waals surface area (Å²) in [6.45, 7) is 9.89. The van der Waals surface area contributed by atoms with E-state index in [2.05, 4.69) is 32.3 Å². The summed E-state index contributed by atoms with van der Waals surface area (Å²) in [6.07, 6.45) is 4.06. The van der Waals surface area contributed by atoms with Crippen LogP contribution < -0.4 is 0 Å². The zero-order valence-electron chi connectivity index (χ0n) is 7.42. The lowest BCUT2D eigenvalue weighted by Gasteiger charge is -2.19. The fraction of sp³-hybridized carbons (Fsp3) is 0.667. The SMILES string of the molecule is C=C[C@H](CC(C)(C)C)N=C=O. The molecule has 0 amide bonds. The Balaban J connectivity index is 4.08. The minimum Gasteiger partial charge on any atom is -0.211 e. The topological polar surface area (TPSA) is 29.4 Å². The Labute approximate surface area is 68.0 Å². The van der Waals surface area contributed by atoms with Crippen LogP contribution in [0.5, 0.6) is 0 Å². The van der Waals surface area contributed by atoms with Gasteiger partial charge in [0.15, 0.2) is 0 Å². The van der Waals surface area contributed by atoms with Gasteiger partial charge in [-0.25, -0.2) is 4.79 Å². The summed E-state index contributed by atoms with van der Waals surface area (Å²) in [4.78, 5) is 13.5. The first-order chi connectivity index (χ1) is 4.99. The van der Waals surface area contributed by atoms with E-state index < -0.39 is 0 Å². The van der Waals surface area contributed by atoms with E-state index in [4.69, 9.17) is 0 Å². The lowest BCUT2D eigenvalue weighted by atomic mass is 9.88. The Bertz CT molecular complexity index is 172. The number of rotatable bonds is 3. The highest BCUT2D eigenvalue weighted by atomic mass is 16.1. The summed E-state index contributed by atoms with van der Waals surface area (Å²) in [7, 11) is 0. The van der Waals surface area contributed by atoms with Crippen molar-refractivity contribution in [3.63, 3.8) is 0 Å². The molecule has 1 atom stereocenters. The van der Waals surface area contributed by atoms with E-state index in [1.165, 1.54) is 0 Å². The first-order valence-electron chi connectivity index (χ1n) is 3.69. The highest BCUT2D eigenvalue weighted by Crippen LogP contribution is 2.22. The average Bonchev–Trinajstić information content (AvgIpc) is 1.84. The number of hydrogen-bond donors (Lipinski definition) is 0. The van der Waals surface area contributed by atoms with Gasteiger partial charge in [-0.15, -0.1) is 6.58 Å². The number of hydrogen-bond acceptors (Lipinski definition) is 2. The molecule has 0 unspecified atom stereocenters. The van der Waals surface area contributed by atoms with Crippen LogP contribution in [0.2, 0.25) is 0 Å². The maximum absolute atomic E-state index is 9.92. The van der Waals surface area contributed by atoms with E-state index in [1.54, 1.807) is 12.2 Å². The molecule has 0 aliphatic carbocycles. The summed E-state index contributed by atoms with van der Waals surface area (Å²) in [5.74, 6) is 0. The van der Waals surface area contributed by atoms with Crippen molar-refractivity contribution in [1.82, 2.24) is 0 Å². The molecule has 62 valence electrons. The van der Waals surface area contributed by atoms with Crippen LogP contribution in [0.4, 0.5) is 0 Å². The van der Waals surface area contributed by atoms with Crippen LogP contribution in [0.1, 0.15) is 27.2 Å². The van der Waals surface area contributed by atoms with Crippen molar-refractivity contribution in [1.29, 1.82) is 0 Å². The maximum atomic E-state index is 9.92. The third kappa shape index (κ3) is 5.56. The van der Waals surface area contributed by atoms with Crippen LogP contribution >= 0.6 is 0 Å². The second kappa shape index (κ2) is 4.09. The quantitative estimate of drug-likeness (QED) is 0.347. The molecule has 0 radical (unpaired) electrons. The molecule has 0 aliphatic heterocycles. The van der Waals surface area contributed by atoms with Gasteiger partial charge in [-0.1, -0.05) is 26.8 Å². The van der Waals surface area contributed by atoms with E-state index >= 15 is 0 Å². The van der Waals surface area contributed by atoms with Gasteiger partial charge in [0.25, 0.3) is 0 Å². The summed E-state index contributed by atoms with van der Waals surface area (Å²) < 4.78 is 0. The van der Waals surface area contributed by atoms with Crippen molar-refractivity contribution in [2.75, 3.05) is 0 Å². The molecule has 0 saturated heterocycles. The van der Waals surface area contributed by atoms with Crippen molar-refractivity contribution >= 4 is 6.08 Å². The molecule has 0 heterocycles. The summed E-state index contributed by atoms with van der Waals surface area (Å²) in [5, 5.41) is 0. The first kappa shape index (κ1) is 10.1. The van der Waals surface area contributed by atoms with Crippen molar-refractivity contribution in [3.8, 4) is 0 Å². The lowest BCUT2D eigenvalue weighted by Crippen LogP contribution is -2.13. The normalized spacial score (nSPS) is 13.4. The largest absolute Gasteiger partial charge is 0.235 e. The predicted octanol–water partition coefficient (Wildman–Crippen LogP) is 2.31. The molecule has 0 spiro atoms. The Morgan fingerprint density at radius 3 is 2.45 bits per heavy atom. The van der Waals surface area contributed by atoms with Gasteiger partial charge < -0.3 is 0 Å². The molecule has 0 aromatic rings. The summed E-state index contributed by atoms with van der Waals surface area (Å²) in [6, 6.07) is -0.0764. The van der Waals surface area contributed by atoms with Gasteiger partial charge in [-0.2, -0.15) is 4.99 Å². The standard InChI is InChI=1S/C9H15NO/c1-5-8(10-7-11)6-9(2,3)4/h5,8H,1,6H2,2-4H3/t8-/m1/s1. The fourth-order valence-electron chi connectivity index (χ4n) is 0.877. The second-order valence-electron chi connectivity index (χ2n) is 3.79. The molecule has 0 aromatic heterocycles. The van der Waals surface area contributed by atoms with Crippen LogP contribution in [0.3, 0.4) is 0 Å². The molecule has 0 bridgehead atoms. The van der Waals surface area contributed by atoms with Crippen LogP contribution in [-0.2, 0) is 4.79 Å². The number of carbonyl (C=O) groups excluding carboxylic acids is 1. The van der Waals surface area contributed by atoms with E-state index in [9.17, 15) is 4.79 Å². The van der Waals surface area contributed by atoms with Crippen LogP contribution in [0.25, 0.3) is 0 Å². The molecule has 0 aromatic carbocycles. The first-order valence-corrected chi connectivity index (χ1v) is 3.69. The smallest absolute Gasteiger partial charge is 0.211 e. The van der Waals surface area contributed by atoms with Gasteiger partial charge in [-0.3, -0.25) is 0 Å². The van der Waals surface area contributed by atoms with Gasteiger partial charge in [0.05, 0.1) is 6.04 Å². The molecule has 0 saturated carbocycles. The molecule has 2 nitrogen and oxygen atoms in total. The molecule has 0 aliphatic rings. The highest BCUT2D eigenvalue weighted by Gasteiger charge is 2.15. The second-order valence-corrected chi connectivity index (χ2v) is 3.79. The number of aliphatic imine (C=N–C) groups is 1. The lowest BCUT2D eigenvalue weighted by molar-refractivity contribution is 0.361. The maximum Gasteiger partial charge on any atom is 0.235 e. The third-order valence-electron chi connectivity index (χ3n) is 1.31. The zero-order valence-corrected chi connectivity index (χ0v) is 7.42. The molecular weight excluding hydrogens is 138 g/mol. The summed E-state index contributed by atoms with van der Waals surface area (Å²) in [5.41, 5.74) is 0.180. The Morgan fingerprint density at radius 1 is 1.64 bits per heavy atom. The van der Waals surface area contributed by atoms with Crippen molar-refractivity contribution in [2.24, 2.45) is 10.4 Å². The van der Waals surface area contributed by atoms with Crippen LogP contribution in [-0.4, -0.2) is 12.1 Å². The van der Waals surface area contributed by atoms with E-state index in [0.29, 0.717) is 0 Å². The van der Waals surface area contributed by atoms with Gasteiger partial charge in [0, 0.05) is 0 Å². The average molecular weight is 153 g/mol. The molecule has 2 heteroatoms. The van der Waals surface area contributed by atoms with Gasteiger partial charge in [-0.05, 0) is 11.8 Å². The summed E-state index contributed by atoms with van der Waals surface area (Å²) >= 11 is 0. The molecular formula is C9H15NO. The predicted molar refractivity (Wildman–Crippen MR) is 46.2 cm³/mol. The van der Waals surface area contributed by atoms with Crippen molar-refractivity contribution in [3.05, 3.63) is 12.7 Å². The number of isocyanates is 1. The zero-order chi connectivity index (χ0) is 8.91. The Kier molecular flexibility index (Phi) is 3.77. The molecule has 0 N–H and O–H groups in total. The van der Waals surface area contributed by atoms with E-state index in [1.807, 2.05) is 0 Å². The molecule has 0 rings (SSSR count). The number of nitrogens with zero attached hydrogens (tertiary/aromatic N) is 1. The van der Waals surface area contributed by atoms with Gasteiger partial charge >= 0.3 is 0 Å². The van der Waals surface area contributed by atoms with Crippen molar-refractivity contribution < 1.29 is 4.79 Å². The van der Waals surface area contributed by atoms with Crippen LogP contribution in [0, 0.1) is 5.41 Å².